The van der Waals surface area contributed by atoms with E-state index in [1.165, 1.54) is 18.3 Å². The van der Waals surface area contributed by atoms with Crippen molar-refractivity contribution >= 4 is 22.1 Å². The second-order valence-corrected chi connectivity index (χ2v) is 9.71. The minimum absolute atomic E-state index is 0.0173. The highest BCUT2D eigenvalue weighted by Gasteiger charge is 2.28. The molecule has 0 aromatic heterocycles. The first-order valence-corrected chi connectivity index (χ1v) is 12.2. The van der Waals surface area contributed by atoms with Gasteiger partial charge in [0.25, 0.3) is 5.91 Å². The Hall–Kier alpha value is -3.69. The van der Waals surface area contributed by atoms with Crippen LogP contribution in [0.4, 0.5) is 0 Å². The van der Waals surface area contributed by atoms with E-state index in [1.807, 2.05) is 49.4 Å². The van der Waals surface area contributed by atoms with E-state index >= 15 is 0 Å². The monoisotopic (exact) mass is 479 g/mol. The fourth-order valence-corrected chi connectivity index (χ4v) is 4.77. The Morgan fingerprint density at radius 3 is 2.44 bits per heavy atom. The Kier molecular flexibility index (Phi) is 7.24. The molecule has 4 rings (SSSR count). The molecule has 1 amide bonds. The Labute approximate surface area is 198 Å². The van der Waals surface area contributed by atoms with E-state index < -0.39 is 22.5 Å². The van der Waals surface area contributed by atoms with Crippen molar-refractivity contribution in [3.8, 4) is 11.5 Å². The lowest BCUT2D eigenvalue weighted by Gasteiger charge is -2.23. The van der Waals surface area contributed by atoms with Gasteiger partial charge < -0.3 is 9.47 Å². The molecule has 176 valence electrons. The number of sulfonamides is 1. The van der Waals surface area contributed by atoms with Crippen molar-refractivity contribution in [2.24, 2.45) is 5.10 Å². The highest BCUT2D eigenvalue weighted by atomic mass is 32.2. The Morgan fingerprint density at radius 2 is 1.71 bits per heavy atom. The normalized spacial score (nSPS) is 13.2. The average Bonchev–Trinajstić information content (AvgIpc) is 2.85. The lowest BCUT2D eigenvalue weighted by molar-refractivity contribution is -0.121. The van der Waals surface area contributed by atoms with Gasteiger partial charge in [-0.3, -0.25) is 4.79 Å². The van der Waals surface area contributed by atoms with Gasteiger partial charge in [0.2, 0.25) is 10.0 Å². The van der Waals surface area contributed by atoms with E-state index in [1.54, 1.807) is 18.2 Å². The highest BCUT2D eigenvalue weighted by Crippen LogP contribution is 2.33. The molecule has 8 nitrogen and oxygen atoms in total. The molecule has 34 heavy (non-hydrogen) atoms. The molecule has 0 saturated carbocycles. The first-order chi connectivity index (χ1) is 16.4. The van der Waals surface area contributed by atoms with Crippen LogP contribution in [0.3, 0.4) is 0 Å². The summed E-state index contributed by atoms with van der Waals surface area (Å²) in [5.74, 6) is 0.294. The summed E-state index contributed by atoms with van der Waals surface area (Å²) in [6, 6.07) is 21.1. The number of carbonyl (C=O) groups excluding carboxylic acids is 1. The first kappa shape index (κ1) is 23.5. The second-order valence-electron chi connectivity index (χ2n) is 7.77. The van der Waals surface area contributed by atoms with Gasteiger partial charge in [-0.25, -0.2) is 13.8 Å². The molecule has 1 N–H and O–H groups in total. The zero-order valence-electron chi connectivity index (χ0n) is 18.7. The van der Waals surface area contributed by atoms with Gasteiger partial charge in [-0.05, 0) is 30.2 Å². The minimum atomic E-state index is -4.02. The van der Waals surface area contributed by atoms with Gasteiger partial charge in [0.1, 0.15) is 13.2 Å². The third kappa shape index (κ3) is 5.81. The maximum Gasteiger partial charge on any atom is 0.255 e. The van der Waals surface area contributed by atoms with E-state index in [2.05, 4.69) is 10.5 Å². The number of benzene rings is 3. The van der Waals surface area contributed by atoms with Crippen molar-refractivity contribution in [3.05, 3.63) is 89.5 Å². The molecule has 1 aliphatic heterocycles. The van der Waals surface area contributed by atoms with E-state index in [-0.39, 0.29) is 11.4 Å². The molecule has 1 heterocycles. The number of nitrogens with one attached hydrogen (secondary N) is 1. The standard InChI is InChI=1S/C25H25N3O5S/c1-19-7-9-20(10-8-19)16-26-27-25(29)18-28(17-21-5-3-2-4-6-21)34(30,31)22-11-12-23-24(15-22)33-14-13-32-23/h2-12,15-16H,13-14,17-18H2,1H3,(H,27,29)/b26-16-. The molecule has 0 radical (unpaired) electrons. The third-order valence-electron chi connectivity index (χ3n) is 5.15. The Balaban J connectivity index is 1.53. The number of aryl methyl sites for hydroxylation is 1. The molecule has 9 heteroatoms. The lowest BCUT2D eigenvalue weighted by atomic mass is 10.2. The van der Waals surface area contributed by atoms with Crippen LogP contribution in [-0.4, -0.2) is 44.6 Å². The van der Waals surface area contributed by atoms with Crippen molar-refractivity contribution in [1.82, 2.24) is 9.73 Å². The molecule has 3 aromatic rings. The summed E-state index contributed by atoms with van der Waals surface area (Å²) >= 11 is 0. The zero-order chi connectivity index (χ0) is 24.0. The smallest absolute Gasteiger partial charge is 0.255 e. The molecule has 0 bridgehead atoms. The summed E-state index contributed by atoms with van der Waals surface area (Å²) < 4.78 is 39.1. The van der Waals surface area contributed by atoms with Crippen LogP contribution < -0.4 is 14.9 Å². The Bertz CT molecular complexity index is 1280. The number of nitrogens with zero attached hydrogens (tertiary/aromatic N) is 2. The molecule has 0 aliphatic carbocycles. The fraction of sp³-hybridized carbons (Fsp3) is 0.200. The first-order valence-electron chi connectivity index (χ1n) is 10.7. The van der Waals surface area contributed by atoms with Crippen molar-refractivity contribution in [2.75, 3.05) is 19.8 Å². The van der Waals surface area contributed by atoms with Crippen LogP contribution in [-0.2, 0) is 21.4 Å². The van der Waals surface area contributed by atoms with Crippen molar-refractivity contribution in [3.63, 3.8) is 0 Å². The minimum Gasteiger partial charge on any atom is -0.486 e. The van der Waals surface area contributed by atoms with Crippen LogP contribution in [0.25, 0.3) is 0 Å². The molecule has 3 aromatic carbocycles. The van der Waals surface area contributed by atoms with E-state index in [9.17, 15) is 13.2 Å². The number of amides is 1. The lowest BCUT2D eigenvalue weighted by Crippen LogP contribution is -2.39. The van der Waals surface area contributed by atoms with Gasteiger partial charge >= 0.3 is 0 Å². The van der Waals surface area contributed by atoms with Gasteiger partial charge in [0, 0.05) is 12.6 Å². The van der Waals surface area contributed by atoms with E-state index in [0.29, 0.717) is 24.7 Å². The third-order valence-corrected chi connectivity index (χ3v) is 6.94. The summed E-state index contributed by atoms with van der Waals surface area (Å²) in [5, 5.41) is 3.96. The molecule has 0 saturated heterocycles. The van der Waals surface area contributed by atoms with Gasteiger partial charge in [0.15, 0.2) is 11.5 Å². The van der Waals surface area contributed by atoms with E-state index in [0.717, 1.165) is 21.0 Å². The summed E-state index contributed by atoms with van der Waals surface area (Å²) in [4.78, 5) is 12.6. The SMILES string of the molecule is Cc1ccc(/C=N\NC(=O)CN(Cc2ccccc2)S(=O)(=O)c2ccc3c(c2)OCCO3)cc1. The predicted molar refractivity (Wildman–Crippen MR) is 128 cm³/mol. The number of hydrazone groups is 1. The largest absolute Gasteiger partial charge is 0.486 e. The average molecular weight is 480 g/mol. The highest BCUT2D eigenvalue weighted by molar-refractivity contribution is 7.89. The van der Waals surface area contributed by atoms with Crippen molar-refractivity contribution in [1.29, 1.82) is 0 Å². The number of hydrogen-bond donors (Lipinski definition) is 1. The van der Waals surface area contributed by atoms with Crippen LogP contribution in [0.1, 0.15) is 16.7 Å². The maximum atomic E-state index is 13.5. The van der Waals surface area contributed by atoms with Crippen LogP contribution in [0.5, 0.6) is 11.5 Å². The fourth-order valence-electron chi connectivity index (χ4n) is 3.37. The number of fused-ring (bicyclic) bond motifs is 1. The molecule has 1 aliphatic rings. The van der Waals surface area contributed by atoms with Gasteiger partial charge in [-0.1, -0.05) is 60.2 Å². The number of hydrogen-bond acceptors (Lipinski definition) is 6. The molecule has 0 fully saturated rings. The van der Waals surface area contributed by atoms with Crippen LogP contribution in [0, 0.1) is 6.92 Å². The molecule has 0 atom stereocenters. The second kappa shape index (κ2) is 10.5. The molecule has 0 unspecified atom stereocenters. The predicted octanol–water partition coefficient (Wildman–Crippen LogP) is 3.11. The zero-order valence-corrected chi connectivity index (χ0v) is 19.5. The van der Waals surface area contributed by atoms with Crippen LogP contribution in [0.2, 0.25) is 0 Å². The summed E-state index contributed by atoms with van der Waals surface area (Å²) in [5.41, 5.74) is 5.09. The molecule has 0 spiro atoms. The van der Waals surface area contributed by atoms with Crippen LogP contribution >= 0.6 is 0 Å². The molecular weight excluding hydrogens is 454 g/mol. The van der Waals surface area contributed by atoms with Crippen molar-refractivity contribution in [2.45, 2.75) is 18.4 Å². The van der Waals surface area contributed by atoms with Gasteiger partial charge in [-0.2, -0.15) is 9.41 Å². The van der Waals surface area contributed by atoms with Crippen molar-refractivity contribution < 1.29 is 22.7 Å². The Morgan fingerprint density at radius 1 is 1.00 bits per heavy atom. The quantitative estimate of drug-likeness (QED) is 0.396. The molecular formula is C25H25N3O5S. The van der Waals surface area contributed by atoms with Gasteiger partial charge in [-0.15, -0.1) is 0 Å². The maximum absolute atomic E-state index is 13.5. The summed E-state index contributed by atoms with van der Waals surface area (Å²) in [7, 11) is -4.02. The topological polar surface area (TPSA) is 97.3 Å². The van der Waals surface area contributed by atoms with E-state index in [4.69, 9.17) is 9.47 Å². The number of rotatable bonds is 8. The number of ether oxygens (including phenoxy) is 2. The van der Waals surface area contributed by atoms with Gasteiger partial charge in [0.05, 0.1) is 17.7 Å². The number of carbonyl (C=O) groups is 1. The summed E-state index contributed by atoms with van der Waals surface area (Å²) in [6.07, 6.45) is 1.51. The summed E-state index contributed by atoms with van der Waals surface area (Å²) in [6.45, 7) is 2.34. The van der Waals surface area contributed by atoms with Crippen LogP contribution in [0.15, 0.2) is 82.8 Å².